The Bertz CT molecular complexity index is 969. The maximum absolute atomic E-state index is 13.0. The van der Waals surface area contributed by atoms with Crippen LogP contribution >= 0.6 is 11.6 Å². The smallest absolute Gasteiger partial charge is 0.417 e. The van der Waals surface area contributed by atoms with Crippen molar-refractivity contribution in [3.05, 3.63) is 52.9 Å². The molecule has 0 N–H and O–H groups in total. The van der Waals surface area contributed by atoms with Crippen LogP contribution in [0, 0.1) is 0 Å². The van der Waals surface area contributed by atoms with Crippen molar-refractivity contribution < 1.29 is 30.8 Å². The highest BCUT2D eigenvalue weighted by Crippen LogP contribution is 2.36. The summed E-state index contributed by atoms with van der Waals surface area (Å²) in [7, 11) is -4.14. The van der Waals surface area contributed by atoms with Crippen LogP contribution in [-0.4, -0.2) is 49.7 Å². The summed E-state index contributed by atoms with van der Waals surface area (Å²) in [5, 5.41) is -0.566. The Morgan fingerprint density at radius 1 is 1.14 bits per heavy atom. The second-order valence-electron chi connectivity index (χ2n) is 6.50. The number of sulfonamides is 1. The van der Waals surface area contributed by atoms with Gasteiger partial charge in [0.2, 0.25) is 15.9 Å². The van der Waals surface area contributed by atoms with E-state index in [0.717, 1.165) is 16.4 Å². The Kier molecular flexibility index (Phi) is 6.25. The lowest BCUT2D eigenvalue weighted by atomic mass is 10.2. The highest BCUT2D eigenvalue weighted by molar-refractivity contribution is 7.89. The molecule has 1 saturated heterocycles. The number of aryl methyl sites for hydroxylation is 1. The van der Waals surface area contributed by atoms with E-state index in [0.29, 0.717) is 18.2 Å². The van der Waals surface area contributed by atoms with Crippen molar-refractivity contribution in [2.45, 2.75) is 23.9 Å². The summed E-state index contributed by atoms with van der Waals surface area (Å²) in [5.74, 6) is 0.548. The Morgan fingerprint density at radius 3 is 2.41 bits per heavy atom. The molecule has 0 bridgehead atoms. The molecule has 1 fully saturated rings. The minimum absolute atomic E-state index is 0.00119. The molecule has 1 aromatic carbocycles. The van der Waals surface area contributed by atoms with Crippen molar-refractivity contribution in [3.8, 4) is 0 Å². The van der Waals surface area contributed by atoms with Gasteiger partial charge in [-0.15, -0.1) is 0 Å². The Morgan fingerprint density at radius 2 is 1.83 bits per heavy atom. The highest BCUT2D eigenvalue weighted by Gasteiger charge is 2.36. The highest BCUT2D eigenvalue weighted by atomic mass is 35.5. The van der Waals surface area contributed by atoms with Crippen LogP contribution in [0.1, 0.15) is 17.7 Å². The number of furan rings is 1. The molecule has 0 spiro atoms. The second kappa shape index (κ2) is 8.37. The Balaban J connectivity index is 1.64. The van der Waals surface area contributed by atoms with Crippen LogP contribution in [0.2, 0.25) is 5.02 Å². The molecule has 1 aliphatic heterocycles. The number of amides is 1. The molecule has 0 aliphatic carbocycles. The third kappa shape index (κ3) is 4.93. The number of alkyl halides is 3. The van der Waals surface area contributed by atoms with Crippen LogP contribution in [0.15, 0.2) is 45.9 Å². The Labute approximate surface area is 170 Å². The second-order valence-corrected chi connectivity index (χ2v) is 8.85. The lowest BCUT2D eigenvalue weighted by Crippen LogP contribution is -2.50. The van der Waals surface area contributed by atoms with E-state index in [-0.39, 0.29) is 38.5 Å². The summed E-state index contributed by atoms with van der Waals surface area (Å²) < 4.78 is 70.8. The number of hydrogen-bond acceptors (Lipinski definition) is 4. The van der Waals surface area contributed by atoms with E-state index in [9.17, 15) is 26.4 Å². The largest absolute Gasteiger partial charge is 0.469 e. The molecule has 0 saturated carbocycles. The van der Waals surface area contributed by atoms with Crippen LogP contribution < -0.4 is 0 Å². The first kappa shape index (κ1) is 21.7. The summed E-state index contributed by atoms with van der Waals surface area (Å²) in [5.41, 5.74) is -1.20. The monoisotopic (exact) mass is 450 g/mol. The van der Waals surface area contributed by atoms with Gasteiger partial charge in [0.1, 0.15) is 5.76 Å². The van der Waals surface area contributed by atoms with Gasteiger partial charge >= 0.3 is 6.18 Å². The van der Waals surface area contributed by atoms with E-state index in [1.54, 1.807) is 12.1 Å². The molecule has 0 radical (unpaired) electrons. The molecule has 6 nitrogen and oxygen atoms in total. The van der Waals surface area contributed by atoms with Gasteiger partial charge in [0.05, 0.1) is 21.7 Å². The first-order chi connectivity index (χ1) is 13.6. The first-order valence-electron chi connectivity index (χ1n) is 8.76. The molecule has 2 aromatic rings. The van der Waals surface area contributed by atoms with Crippen LogP contribution in [0.25, 0.3) is 0 Å². The predicted molar refractivity (Wildman–Crippen MR) is 98.8 cm³/mol. The standard InChI is InChI=1S/C18H18ClF3N2O4S/c19-16-5-4-14(12-15(16)18(20,21)22)29(26,27)24-9-7-23(8-10-24)17(25)6-3-13-2-1-11-28-13/h1-2,4-5,11-12H,3,6-10H2. The average Bonchev–Trinajstić information content (AvgIpc) is 3.19. The van der Waals surface area contributed by atoms with Gasteiger partial charge in [0.25, 0.3) is 0 Å². The fraction of sp³-hybridized carbons (Fsp3) is 0.389. The molecule has 1 aromatic heterocycles. The number of carbonyl (C=O) groups is 1. The average molecular weight is 451 g/mol. The SMILES string of the molecule is O=C(CCc1ccco1)N1CCN(S(=O)(=O)c2ccc(Cl)c(C(F)(F)F)c2)CC1. The van der Waals surface area contributed by atoms with Crippen LogP contribution in [0.5, 0.6) is 0 Å². The Hall–Kier alpha value is -2.04. The maximum atomic E-state index is 13.0. The van der Waals surface area contributed by atoms with E-state index in [1.807, 2.05) is 0 Å². The van der Waals surface area contributed by atoms with Gasteiger partial charge in [-0.1, -0.05) is 11.6 Å². The zero-order chi connectivity index (χ0) is 21.2. The van der Waals surface area contributed by atoms with Gasteiger partial charge in [0, 0.05) is 39.0 Å². The van der Waals surface area contributed by atoms with E-state index < -0.39 is 31.7 Å². The normalized spacial score (nSPS) is 16.2. The van der Waals surface area contributed by atoms with E-state index in [1.165, 1.54) is 11.2 Å². The van der Waals surface area contributed by atoms with E-state index >= 15 is 0 Å². The number of nitrogens with zero attached hydrogens (tertiary/aromatic N) is 2. The van der Waals surface area contributed by atoms with Gasteiger partial charge in [-0.05, 0) is 30.3 Å². The van der Waals surface area contributed by atoms with Gasteiger partial charge in [-0.2, -0.15) is 17.5 Å². The van der Waals surface area contributed by atoms with Crippen LogP contribution in [0.4, 0.5) is 13.2 Å². The van der Waals surface area contributed by atoms with Gasteiger partial charge < -0.3 is 9.32 Å². The summed E-state index contributed by atoms with van der Waals surface area (Å²) >= 11 is 5.56. The summed E-state index contributed by atoms with van der Waals surface area (Å²) in [6.07, 6.45) is -2.58. The van der Waals surface area contributed by atoms with Crippen molar-refractivity contribution >= 4 is 27.5 Å². The number of hydrogen-bond donors (Lipinski definition) is 0. The quantitative estimate of drug-likeness (QED) is 0.700. The third-order valence-corrected chi connectivity index (χ3v) is 6.86. The topological polar surface area (TPSA) is 70.8 Å². The molecule has 1 aliphatic rings. The van der Waals surface area contributed by atoms with Crippen molar-refractivity contribution in [1.29, 1.82) is 0 Å². The molecule has 0 atom stereocenters. The lowest BCUT2D eigenvalue weighted by Gasteiger charge is -2.34. The van der Waals surface area contributed by atoms with Gasteiger partial charge in [0.15, 0.2) is 0 Å². The molecular weight excluding hydrogens is 433 g/mol. The molecule has 158 valence electrons. The fourth-order valence-electron chi connectivity index (χ4n) is 3.05. The molecule has 2 heterocycles. The molecule has 1 amide bonds. The summed E-state index contributed by atoms with van der Waals surface area (Å²) in [6, 6.07) is 6.00. The minimum atomic E-state index is -4.76. The number of benzene rings is 1. The summed E-state index contributed by atoms with van der Waals surface area (Å²) in [6.45, 7) is 0.323. The summed E-state index contributed by atoms with van der Waals surface area (Å²) in [4.78, 5) is 13.3. The van der Waals surface area contributed by atoms with Gasteiger partial charge in [-0.3, -0.25) is 4.79 Å². The van der Waals surface area contributed by atoms with Crippen LogP contribution in [-0.2, 0) is 27.4 Å². The van der Waals surface area contributed by atoms with Gasteiger partial charge in [-0.25, -0.2) is 8.42 Å². The molecule has 29 heavy (non-hydrogen) atoms. The molecule has 11 heteroatoms. The van der Waals surface area contributed by atoms with Crippen LogP contribution in [0.3, 0.4) is 0 Å². The first-order valence-corrected chi connectivity index (χ1v) is 10.6. The van der Waals surface area contributed by atoms with Crippen molar-refractivity contribution in [3.63, 3.8) is 0 Å². The number of carbonyl (C=O) groups excluding carboxylic acids is 1. The molecular formula is C18H18ClF3N2O4S. The van der Waals surface area contributed by atoms with Crippen molar-refractivity contribution in [1.82, 2.24) is 9.21 Å². The molecule has 0 unspecified atom stereocenters. The zero-order valence-electron chi connectivity index (χ0n) is 15.2. The van der Waals surface area contributed by atoms with E-state index in [2.05, 4.69) is 0 Å². The zero-order valence-corrected chi connectivity index (χ0v) is 16.7. The van der Waals surface area contributed by atoms with Crippen molar-refractivity contribution in [2.24, 2.45) is 0 Å². The number of piperazine rings is 1. The molecule has 3 rings (SSSR count). The van der Waals surface area contributed by atoms with Crippen molar-refractivity contribution in [2.75, 3.05) is 26.2 Å². The lowest BCUT2D eigenvalue weighted by molar-refractivity contribution is -0.137. The third-order valence-electron chi connectivity index (χ3n) is 4.64. The fourth-order valence-corrected chi connectivity index (χ4v) is 4.73. The van der Waals surface area contributed by atoms with E-state index in [4.69, 9.17) is 16.0 Å². The number of halogens is 4. The number of rotatable bonds is 5. The predicted octanol–water partition coefficient (Wildman–Crippen LogP) is 3.42. The maximum Gasteiger partial charge on any atom is 0.417 e. The minimum Gasteiger partial charge on any atom is -0.469 e.